The first-order chi connectivity index (χ1) is 17.9. The molecule has 0 radical (unpaired) electrons. The standard InChI is InChI=1S/C30H27NO4S2/c32-36(33,23-12-6-2-7-13-23)27-25-19-26(28(27)37(34,35)24-14-8-3-9-15-24)30-21-17-16-20(18-21)29(25,30)31(30)22-10-4-1-5-11-22/h1-15,20-21,25-26H,16-19H2/t20-,21-,25+,26+,29-,30+,31?/m0/s1. The van der Waals surface area contributed by atoms with Crippen molar-refractivity contribution in [1.82, 2.24) is 0 Å². The number of benzene rings is 3. The molecule has 3 saturated carbocycles. The van der Waals surface area contributed by atoms with Crippen molar-refractivity contribution in [2.75, 3.05) is 4.90 Å². The molecule has 0 N–H and O–H groups in total. The van der Waals surface area contributed by atoms with Gasteiger partial charge in [-0.3, -0.25) is 0 Å². The molecule has 7 heteroatoms. The highest BCUT2D eigenvalue weighted by Gasteiger charge is 2.95. The number of rotatable bonds is 5. The molecule has 5 aliphatic rings. The van der Waals surface area contributed by atoms with Gasteiger partial charge in [0.2, 0.25) is 19.7 Å². The maximum absolute atomic E-state index is 14.4. The molecule has 0 aromatic heterocycles. The molecule has 0 amide bonds. The number of nitrogens with zero attached hydrogens (tertiary/aromatic N) is 1. The third-order valence-electron chi connectivity index (χ3n) is 10.1. The van der Waals surface area contributed by atoms with E-state index in [1.165, 1.54) is 0 Å². The van der Waals surface area contributed by atoms with Crippen LogP contribution < -0.4 is 4.90 Å². The van der Waals surface area contributed by atoms with Crippen molar-refractivity contribution in [3.8, 4) is 0 Å². The van der Waals surface area contributed by atoms with Crippen LogP contribution in [0.5, 0.6) is 0 Å². The molecule has 1 aliphatic heterocycles. The highest BCUT2D eigenvalue weighted by molar-refractivity contribution is 7.99. The average molecular weight is 530 g/mol. The van der Waals surface area contributed by atoms with Crippen LogP contribution in [0.3, 0.4) is 0 Å². The summed E-state index contributed by atoms with van der Waals surface area (Å²) in [5.41, 5.74) is 0.465. The van der Waals surface area contributed by atoms with Crippen LogP contribution in [0.2, 0.25) is 0 Å². The predicted molar refractivity (Wildman–Crippen MR) is 141 cm³/mol. The lowest BCUT2D eigenvalue weighted by Gasteiger charge is -2.32. The van der Waals surface area contributed by atoms with Crippen LogP contribution in [0.15, 0.2) is 111 Å². The van der Waals surface area contributed by atoms with Crippen molar-refractivity contribution in [3.63, 3.8) is 0 Å². The Kier molecular flexibility index (Phi) is 4.15. The first-order valence-corrected chi connectivity index (χ1v) is 16.0. The van der Waals surface area contributed by atoms with Crippen molar-refractivity contribution >= 4 is 25.4 Å². The van der Waals surface area contributed by atoms with E-state index in [1.807, 2.05) is 18.2 Å². The third kappa shape index (κ3) is 2.33. The van der Waals surface area contributed by atoms with Gasteiger partial charge in [0.1, 0.15) is 0 Å². The molecule has 0 spiro atoms. The van der Waals surface area contributed by atoms with E-state index in [0.29, 0.717) is 18.3 Å². The lowest BCUT2D eigenvalue weighted by atomic mass is 9.73. The second-order valence-electron chi connectivity index (χ2n) is 11.2. The lowest BCUT2D eigenvalue weighted by molar-refractivity contribution is 0.330. The Morgan fingerprint density at radius 1 is 0.568 bits per heavy atom. The molecule has 1 heterocycles. The quantitative estimate of drug-likeness (QED) is 0.424. The summed E-state index contributed by atoms with van der Waals surface area (Å²) in [6.07, 6.45) is 3.82. The second kappa shape index (κ2) is 6.94. The Morgan fingerprint density at radius 3 is 1.41 bits per heavy atom. The van der Waals surface area contributed by atoms with E-state index in [2.05, 4.69) is 17.0 Å². The summed E-state index contributed by atoms with van der Waals surface area (Å²) in [4.78, 5) is 3.15. The monoisotopic (exact) mass is 529 g/mol. The Balaban J connectivity index is 1.42. The Morgan fingerprint density at radius 2 is 0.973 bits per heavy atom. The molecule has 0 unspecified atom stereocenters. The van der Waals surface area contributed by atoms with Gasteiger partial charge in [0.05, 0.1) is 30.7 Å². The molecule has 4 bridgehead atoms. The second-order valence-corrected chi connectivity index (χ2v) is 15.1. The van der Waals surface area contributed by atoms with E-state index in [1.54, 1.807) is 60.7 Å². The van der Waals surface area contributed by atoms with Gasteiger partial charge in [0.25, 0.3) is 0 Å². The summed E-state index contributed by atoms with van der Waals surface area (Å²) in [5.74, 6) is 0.114. The van der Waals surface area contributed by atoms with E-state index < -0.39 is 19.7 Å². The summed E-state index contributed by atoms with van der Waals surface area (Å²) >= 11 is 0. The number of para-hydroxylation sites is 1. The molecule has 1 saturated heterocycles. The minimum absolute atomic E-state index is 0.161. The van der Waals surface area contributed by atoms with Gasteiger partial charge in [-0.05, 0) is 73.9 Å². The zero-order valence-electron chi connectivity index (χ0n) is 20.2. The SMILES string of the molecule is O=S(=O)(C1=C(S(=O)(=O)c2ccccc2)[C@H]2C[C@H]1[C@]13[C@H]4CC[C@@H](C4)[C@]21N3c1ccccc1)c1ccccc1. The summed E-state index contributed by atoms with van der Waals surface area (Å²) in [7, 11) is -8.02. The largest absolute Gasteiger partial charge is 0.354 e. The van der Waals surface area contributed by atoms with Gasteiger partial charge in [-0.25, -0.2) is 16.8 Å². The summed E-state index contributed by atoms with van der Waals surface area (Å²) in [6, 6.07) is 27.0. The van der Waals surface area contributed by atoms with E-state index in [4.69, 9.17) is 0 Å². The number of piperidine rings is 2. The van der Waals surface area contributed by atoms with E-state index in [-0.39, 0.29) is 42.5 Å². The Hall–Kier alpha value is -2.90. The van der Waals surface area contributed by atoms with Crippen LogP contribution in [0.25, 0.3) is 0 Å². The molecule has 8 rings (SSSR count). The lowest BCUT2D eigenvalue weighted by Crippen LogP contribution is -2.41. The van der Waals surface area contributed by atoms with Gasteiger partial charge < -0.3 is 4.90 Å². The fraction of sp³-hybridized carbons (Fsp3) is 0.333. The van der Waals surface area contributed by atoms with Crippen molar-refractivity contribution < 1.29 is 16.8 Å². The highest BCUT2D eigenvalue weighted by Crippen LogP contribution is 2.87. The van der Waals surface area contributed by atoms with Crippen molar-refractivity contribution in [3.05, 3.63) is 101 Å². The molecule has 188 valence electrons. The molecule has 5 nitrogen and oxygen atoms in total. The van der Waals surface area contributed by atoms with Crippen LogP contribution in [0.1, 0.15) is 25.7 Å². The molecule has 4 aliphatic carbocycles. The van der Waals surface area contributed by atoms with Crippen LogP contribution >= 0.6 is 0 Å². The van der Waals surface area contributed by atoms with Gasteiger partial charge in [0.15, 0.2) is 0 Å². The van der Waals surface area contributed by atoms with Crippen LogP contribution in [-0.4, -0.2) is 27.9 Å². The topological polar surface area (TPSA) is 71.3 Å². The zero-order valence-corrected chi connectivity index (χ0v) is 21.8. The molecular formula is C30H27NO4S2. The summed E-state index contributed by atoms with van der Waals surface area (Å²) < 4.78 is 57.5. The third-order valence-corrected chi connectivity index (χ3v) is 14.2. The van der Waals surface area contributed by atoms with Gasteiger partial charge in [0, 0.05) is 17.5 Å². The van der Waals surface area contributed by atoms with Crippen molar-refractivity contribution in [2.45, 2.75) is 46.6 Å². The molecule has 6 atom stereocenters. The first kappa shape index (κ1) is 22.1. The number of anilines is 1. The smallest absolute Gasteiger partial charge is 0.204 e. The first-order valence-electron chi connectivity index (χ1n) is 13.1. The van der Waals surface area contributed by atoms with Crippen molar-refractivity contribution in [1.29, 1.82) is 0 Å². The number of hydrogen-bond acceptors (Lipinski definition) is 5. The van der Waals surface area contributed by atoms with Crippen LogP contribution in [0.4, 0.5) is 5.69 Å². The number of sulfone groups is 2. The van der Waals surface area contributed by atoms with Gasteiger partial charge in [-0.2, -0.15) is 0 Å². The maximum atomic E-state index is 14.4. The Bertz CT molecular complexity index is 1580. The summed E-state index contributed by atoms with van der Waals surface area (Å²) in [5, 5.41) is 0. The average Bonchev–Trinajstić information content (AvgIpc) is 3.39. The fourth-order valence-electron chi connectivity index (χ4n) is 9.32. The fourth-order valence-corrected chi connectivity index (χ4v) is 13.6. The van der Waals surface area contributed by atoms with Crippen LogP contribution in [-0.2, 0) is 19.7 Å². The molecule has 37 heavy (non-hydrogen) atoms. The van der Waals surface area contributed by atoms with Gasteiger partial charge in [-0.15, -0.1) is 0 Å². The zero-order chi connectivity index (χ0) is 25.2. The molecule has 3 aromatic carbocycles. The minimum Gasteiger partial charge on any atom is -0.354 e. The minimum atomic E-state index is -4.01. The molecular weight excluding hydrogens is 502 g/mol. The van der Waals surface area contributed by atoms with Gasteiger partial charge >= 0.3 is 0 Å². The van der Waals surface area contributed by atoms with Crippen molar-refractivity contribution in [2.24, 2.45) is 23.7 Å². The maximum Gasteiger partial charge on any atom is 0.204 e. The highest BCUT2D eigenvalue weighted by atomic mass is 32.2. The predicted octanol–water partition coefficient (Wildman–Crippen LogP) is 5.22. The Labute approximate surface area is 217 Å². The molecule has 3 aromatic rings. The molecule has 4 fully saturated rings. The van der Waals surface area contributed by atoms with E-state index >= 15 is 0 Å². The summed E-state index contributed by atoms with van der Waals surface area (Å²) in [6.45, 7) is 0. The van der Waals surface area contributed by atoms with E-state index in [0.717, 1.165) is 24.9 Å². The normalized spacial score (nSPS) is 35.1. The van der Waals surface area contributed by atoms with Gasteiger partial charge in [-0.1, -0.05) is 54.6 Å². The van der Waals surface area contributed by atoms with E-state index in [9.17, 15) is 16.8 Å². The number of hydrogen-bond donors (Lipinski definition) is 0. The van der Waals surface area contributed by atoms with Crippen LogP contribution in [0, 0.1) is 23.7 Å². The number of fused-ring (bicyclic) bond motifs is 4.